The van der Waals surface area contributed by atoms with Gasteiger partial charge >= 0.3 is 0 Å². The minimum atomic E-state index is -0.608. The molecule has 1 amide bonds. The van der Waals surface area contributed by atoms with Crippen LogP contribution in [0.3, 0.4) is 0 Å². The van der Waals surface area contributed by atoms with E-state index in [1.165, 1.54) is 0 Å². The summed E-state index contributed by atoms with van der Waals surface area (Å²) in [5, 5.41) is 10.9. The van der Waals surface area contributed by atoms with Crippen molar-refractivity contribution >= 4 is 16.8 Å². The second-order valence-corrected chi connectivity index (χ2v) is 5.44. The summed E-state index contributed by atoms with van der Waals surface area (Å²) in [6.45, 7) is 3.20. The van der Waals surface area contributed by atoms with Crippen LogP contribution in [0.25, 0.3) is 10.9 Å². The highest BCUT2D eigenvalue weighted by atomic mass is 16.5. The third-order valence-electron chi connectivity index (χ3n) is 4.03. The van der Waals surface area contributed by atoms with Crippen LogP contribution in [0.1, 0.15) is 17.3 Å². The summed E-state index contributed by atoms with van der Waals surface area (Å²) in [6, 6.07) is 7.84. The molecule has 5 nitrogen and oxygen atoms in total. The van der Waals surface area contributed by atoms with E-state index in [0.29, 0.717) is 25.3 Å². The van der Waals surface area contributed by atoms with Crippen molar-refractivity contribution < 1.29 is 14.6 Å². The van der Waals surface area contributed by atoms with Gasteiger partial charge in [0, 0.05) is 43.8 Å². The Hall–Kier alpha value is -1.85. The molecule has 0 spiro atoms. The molecule has 2 aromatic rings. The number of amides is 1. The molecule has 0 unspecified atom stereocenters. The fraction of sp³-hybridized carbons (Fsp3) is 0.438. The van der Waals surface area contributed by atoms with Gasteiger partial charge in [-0.25, -0.2) is 0 Å². The number of ether oxygens (including phenoxy) is 1. The van der Waals surface area contributed by atoms with Crippen LogP contribution in [-0.2, 0) is 11.8 Å². The average molecular weight is 288 g/mol. The highest BCUT2D eigenvalue weighted by molar-refractivity contribution is 6.07. The minimum Gasteiger partial charge on any atom is -0.388 e. The van der Waals surface area contributed by atoms with Gasteiger partial charge < -0.3 is 19.3 Å². The summed E-state index contributed by atoms with van der Waals surface area (Å²) in [5.41, 5.74) is 1.71. The van der Waals surface area contributed by atoms with Crippen LogP contribution < -0.4 is 0 Å². The molecule has 2 heterocycles. The van der Waals surface area contributed by atoms with Crippen molar-refractivity contribution in [3.8, 4) is 0 Å². The topological polar surface area (TPSA) is 54.7 Å². The molecule has 1 aliphatic rings. The Morgan fingerprint density at radius 1 is 1.38 bits per heavy atom. The first-order valence-electron chi connectivity index (χ1n) is 7.24. The molecule has 1 N–H and O–H groups in total. The van der Waals surface area contributed by atoms with Crippen LogP contribution >= 0.6 is 0 Å². The summed E-state index contributed by atoms with van der Waals surface area (Å²) in [7, 11) is 1.93. The fourth-order valence-corrected chi connectivity index (χ4v) is 2.98. The lowest BCUT2D eigenvalue weighted by atomic mass is 10.1. The van der Waals surface area contributed by atoms with Crippen LogP contribution in [0.15, 0.2) is 30.5 Å². The van der Waals surface area contributed by atoms with E-state index < -0.39 is 6.10 Å². The number of rotatable bonds is 3. The van der Waals surface area contributed by atoms with E-state index in [-0.39, 0.29) is 12.0 Å². The molecule has 112 valence electrons. The van der Waals surface area contributed by atoms with Gasteiger partial charge in [0.05, 0.1) is 11.7 Å². The van der Waals surface area contributed by atoms with Gasteiger partial charge in [-0.15, -0.1) is 0 Å². The van der Waals surface area contributed by atoms with Crippen molar-refractivity contribution in [2.45, 2.75) is 19.1 Å². The zero-order valence-electron chi connectivity index (χ0n) is 12.3. The van der Waals surface area contributed by atoms with Crippen molar-refractivity contribution in [3.05, 3.63) is 36.0 Å². The lowest BCUT2D eigenvalue weighted by Crippen LogP contribution is -2.30. The number of aliphatic hydroxyl groups excluding tert-OH is 1. The molecule has 1 aliphatic heterocycles. The highest BCUT2D eigenvalue weighted by Crippen LogP contribution is 2.24. The van der Waals surface area contributed by atoms with E-state index in [0.717, 1.165) is 10.9 Å². The average Bonchev–Trinajstić information content (AvgIpc) is 3.01. The van der Waals surface area contributed by atoms with Crippen LogP contribution in [0.4, 0.5) is 0 Å². The number of para-hydroxylation sites is 1. The van der Waals surface area contributed by atoms with E-state index in [9.17, 15) is 9.90 Å². The van der Waals surface area contributed by atoms with Crippen molar-refractivity contribution in [2.24, 2.45) is 7.05 Å². The molecule has 1 aromatic carbocycles. The third kappa shape index (κ3) is 2.43. The molecule has 1 fully saturated rings. The number of carbonyl (C=O) groups excluding carboxylic acids is 1. The minimum absolute atomic E-state index is 0.0481. The largest absolute Gasteiger partial charge is 0.388 e. The molecular weight excluding hydrogens is 268 g/mol. The van der Waals surface area contributed by atoms with Gasteiger partial charge in [0.1, 0.15) is 6.10 Å². The Morgan fingerprint density at radius 2 is 2.14 bits per heavy atom. The maximum Gasteiger partial charge on any atom is 0.256 e. The number of aliphatic hydroxyl groups is 1. The van der Waals surface area contributed by atoms with Gasteiger partial charge in [-0.1, -0.05) is 18.2 Å². The Labute approximate surface area is 123 Å². The Balaban J connectivity index is 1.88. The van der Waals surface area contributed by atoms with E-state index in [1.54, 1.807) is 4.90 Å². The van der Waals surface area contributed by atoms with E-state index in [4.69, 9.17) is 4.74 Å². The first-order chi connectivity index (χ1) is 10.1. The Morgan fingerprint density at radius 3 is 2.90 bits per heavy atom. The van der Waals surface area contributed by atoms with Crippen molar-refractivity contribution in [2.75, 3.05) is 19.7 Å². The lowest BCUT2D eigenvalue weighted by molar-refractivity contribution is -0.00237. The quantitative estimate of drug-likeness (QED) is 0.929. The SMILES string of the molecule is CCO[C@@H]1CN(C(=O)c2cn(C)c3ccccc23)C[C@H]1O. The number of carbonyl (C=O) groups is 1. The molecule has 5 heteroatoms. The van der Waals surface area contributed by atoms with Gasteiger partial charge in [-0.3, -0.25) is 4.79 Å². The van der Waals surface area contributed by atoms with Gasteiger partial charge in [-0.05, 0) is 13.0 Å². The Bertz CT molecular complexity index is 665. The lowest BCUT2D eigenvalue weighted by Gasteiger charge is -2.15. The summed E-state index contributed by atoms with van der Waals surface area (Å²) >= 11 is 0. The predicted molar refractivity (Wildman–Crippen MR) is 80.2 cm³/mol. The number of hydrogen-bond donors (Lipinski definition) is 1. The number of aryl methyl sites for hydroxylation is 1. The smallest absolute Gasteiger partial charge is 0.256 e. The van der Waals surface area contributed by atoms with Crippen LogP contribution in [-0.4, -0.2) is 52.4 Å². The maximum atomic E-state index is 12.7. The van der Waals surface area contributed by atoms with Crippen LogP contribution in [0.2, 0.25) is 0 Å². The second kappa shape index (κ2) is 5.50. The van der Waals surface area contributed by atoms with Crippen molar-refractivity contribution in [1.82, 2.24) is 9.47 Å². The monoisotopic (exact) mass is 288 g/mol. The number of β-amino-alcohol motifs (C(OH)–C–C–N with tert-alkyl or cyclic N) is 1. The molecule has 3 rings (SSSR count). The summed E-state index contributed by atoms with van der Waals surface area (Å²) in [5.74, 6) is -0.0481. The van der Waals surface area contributed by atoms with Gasteiger partial charge in [0.25, 0.3) is 5.91 Å². The van der Waals surface area contributed by atoms with Crippen molar-refractivity contribution in [1.29, 1.82) is 0 Å². The summed E-state index contributed by atoms with van der Waals surface area (Å²) in [6.07, 6.45) is 0.964. The first-order valence-corrected chi connectivity index (χ1v) is 7.24. The number of fused-ring (bicyclic) bond motifs is 1. The molecule has 0 bridgehead atoms. The predicted octanol–water partition coefficient (Wildman–Crippen LogP) is 1.40. The number of nitrogens with zero attached hydrogens (tertiary/aromatic N) is 2. The van der Waals surface area contributed by atoms with Crippen molar-refractivity contribution in [3.63, 3.8) is 0 Å². The fourth-order valence-electron chi connectivity index (χ4n) is 2.98. The van der Waals surface area contributed by atoms with E-state index in [2.05, 4.69) is 0 Å². The van der Waals surface area contributed by atoms with E-state index >= 15 is 0 Å². The highest BCUT2D eigenvalue weighted by Gasteiger charge is 2.35. The number of hydrogen-bond acceptors (Lipinski definition) is 3. The molecule has 21 heavy (non-hydrogen) atoms. The van der Waals surface area contributed by atoms with Gasteiger partial charge in [0.2, 0.25) is 0 Å². The zero-order valence-corrected chi connectivity index (χ0v) is 12.3. The molecule has 0 aliphatic carbocycles. The van der Waals surface area contributed by atoms with Gasteiger partial charge in [-0.2, -0.15) is 0 Å². The van der Waals surface area contributed by atoms with Crippen LogP contribution in [0, 0.1) is 0 Å². The van der Waals surface area contributed by atoms with Gasteiger partial charge in [0.15, 0.2) is 0 Å². The molecular formula is C16H20N2O3. The third-order valence-corrected chi connectivity index (χ3v) is 4.03. The summed E-state index contributed by atoms with van der Waals surface area (Å²) in [4.78, 5) is 14.4. The standard InChI is InChI=1S/C16H20N2O3/c1-3-21-15-10-18(9-14(15)19)16(20)12-8-17(2)13-7-5-4-6-11(12)13/h4-8,14-15,19H,3,9-10H2,1-2H3/t14-,15-/m1/s1. The normalized spacial score (nSPS) is 22.1. The molecule has 1 aromatic heterocycles. The second-order valence-electron chi connectivity index (χ2n) is 5.44. The molecule has 0 radical (unpaired) electrons. The number of aromatic nitrogens is 1. The van der Waals surface area contributed by atoms with Crippen LogP contribution in [0.5, 0.6) is 0 Å². The Kier molecular flexibility index (Phi) is 3.69. The van der Waals surface area contributed by atoms with E-state index in [1.807, 2.05) is 49.0 Å². The summed E-state index contributed by atoms with van der Waals surface area (Å²) < 4.78 is 7.43. The molecule has 2 atom stereocenters. The number of likely N-dealkylation sites (tertiary alicyclic amines) is 1. The number of benzene rings is 1. The molecule has 0 saturated carbocycles. The zero-order chi connectivity index (χ0) is 15.0. The first kappa shape index (κ1) is 14.1. The molecule has 1 saturated heterocycles. The maximum absolute atomic E-state index is 12.7.